The summed E-state index contributed by atoms with van der Waals surface area (Å²) in [4.78, 5) is 14.5. The average molecular weight is 295 g/mol. The van der Waals surface area contributed by atoms with Crippen molar-refractivity contribution in [1.29, 1.82) is 0 Å². The van der Waals surface area contributed by atoms with Gasteiger partial charge in [-0.1, -0.05) is 25.1 Å². The highest BCUT2D eigenvalue weighted by atomic mass is 35.5. The molecule has 1 amide bonds. The Labute approximate surface area is 127 Å². The van der Waals surface area contributed by atoms with Crippen LogP contribution in [0.15, 0.2) is 24.3 Å². The summed E-state index contributed by atoms with van der Waals surface area (Å²) in [6, 6.07) is 8.74. The van der Waals surface area contributed by atoms with Crippen LogP contribution in [0, 0.1) is 0 Å². The van der Waals surface area contributed by atoms with Crippen molar-refractivity contribution in [2.24, 2.45) is 0 Å². The second-order valence-corrected chi connectivity index (χ2v) is 5.79. The number of anilines is 1. The number of halogens is 1. The molecule has 0 spiro atoms. The van der Waals surface area contributed by atoms with Gasteiger partial charge in [-0.25, -0.2) is 0 Å². The Bertz CT molecular complexity index is 471. The van der Waals surface area contributed by atoms with E-state index in [0.29, 0.717) is 18.4 Å². The van der Waals surface area contributed by atoms with Crippen molar-refractivity contribution in [3.05, 3.63) is 29.8 Å². The van der Waals surface area contributed by atoms with Crippen LogP contribution in [0.4, 0.5) is 5.69 Å². The molecule has 1 fully saturated rings. The second kappa shape index (κ2) is 6.59. The van der Waals surface area contributed by atoms with E-state index < -0.39 is 0 Å². The van der Waals surface area contributed by atoms with Crippen LogP contribution >= 0.6 is 12.4 Å². The number of nitrogens with zero attached hydrogens (tertiary/aromatic N) is 1. The van der Waals surface area contributed by atoms with Gasteiger partial charge in [-0.05, 0) is 43.4 Å². The zero-order chi connectivity index (χ0) is 13.2. The van der Waals surface area contributed by atoms with Gasteiger partial charge in [-0.3, -0.25) is 4.79 Å². The molecule has 2 aliphatic rings. The first kappa shape index (κ1) is 15.3. The van der Waals surface area contributed by atoms with Crippen LogP contribution in [0.1, 0.15) is 44.1 Å². The highest BCUT2D eigenvalue weighted by Crippen LogP contribution is 2.35. The summed E-state index contributed by atoms with van der Waals surface area (Å²) in [5.41, 5.74) is 2.45. The Morgan fingerprint density at radius 2 is 2.15 bits per heavy atom. The molecule has 2 aliphatic heterocycles. The van der Waals surface area contributed by atoms with E-state index in [1.807, 2.05) is 11.0 Å². The van der Waals surface area contributed by atoms with Crippen LogP contribution in [0.2, 0.25) is 0 Å². The first-order valence-corrected chi connectivity index (χ1v) is 7.38. The molecule has 0 radical (unpaired) electrons. The Morgan fingerprint density at radius 1 is 1.35 bits per heavy atom. The first-order chi connectivity index (χ1) is 9.25. The molecule has 3 rings (SSSR count). The number of rotatable bonds is 2. The van der Waals surface area contributed by atoms with Crippen molar-refractivity contribution in [2.75, 3.05) is 18.0 Å². The molecule has 1 N–H and O–H groups in total. The van der Waals surface area contributed by atoms with Crippen LogP contribution < -0.4 is 10.2 Å². The predicted molar refractivity (Wildman–Crippen MR) is 84.7 cm³/mol. The number of para-hydroxylation sites is 1. The van der Waals surface area contributed by atoms with Crippen molar-refractivity contribution in [3.8, 4) is 0 Å². The van der Waals surface area contributed by atoms with E-state index in [1.54, 1.807) is 0 Å². The van der Waals surface area contributed by atoms with E-state index in [1.165, 1.54) is 12.0 Å². The third kappa shape index (κ3) is 2.99. The Hall–Kier alpha value is -1.06. The van der Waals surface area contributed by atoms with Gasteiger partial charge in [0.2, 0.25) is 5.91 Å². The van der Waals surface area contributed by atoms with Gasteiger partial charge < -0.3 is 10.2 Å². The highest BCUT2D eigenvalue weighted by Gasteiger charge is 2.28. The van der Waals surface area contributed by atoms with Crippen molar-refractivity contribution in [2.45, 2.75) is 44.6 Å². The monoisotopic (exact) mass is 294 g/mol. The van der Waals surface area contributed by atoms with Crippen LogP contribution in [0.3, 0.4) is 0 Å². The number of carbonyl (C=O) groups excluding carboxylic acids is 1. The van der Waals surface area contributed by atoms with E-state index in [2.05, 4.69) is 30.4 Å². The zero-order valence-electron chi connectivity index (χ0n) is 12.0. The van der Waals surface area contributed by atoms with Gasteiger partial charge in [0, 0.05) is 24.7 Å². The van der Waals surface area contributed by atoms with Crippen LogP contribution in [0.25, 0.3) is 0 Å². The maximum Gasteiger partial charge on any atom is 0.228 e. The van der Waals surface area contributed by atoms with Gasteiger partial charge in [0.25, 0.3) is 0 Å². The number of carbonyl (C=O) groups is 1. The third-order valence-electron chi connectivity index (χ3n) is 4.43. The van der Waals surface area contributed by atoms with Gasteiger partial charge in [-0.15, -0.1) is 12.4 Å². The molecule has 0 aromatic heterocycles. The molecule has 2 atom stereocenters. The summed E-state index contributed by atoms with van der Waals surface area (Å²) in [6.07, 6.45) is 4.05. The molecule has 1 aromatic rings. The molecule has 3 nitrogen and oxygen atoms in total. The molecule has 0 saturated carbocycles. The topological polar surface area (TPSA) is 32.3 Å². The SMILES string of the molecule is CC1CCN(C(=O)CC2CCCN2)c2ccccc21.Cl. The molecule has 20 heavy (non-hydrogen) atoms. The molecular weight excluding hydrogens is 272 g/mol. The quantitative estimate of drug-likeness (QED) is 0.909. The van der Waals surface area contributed by atoms with Crippen LogP contribution in [-0.2, 0) is 4.79 Å². The van der Waals surface area contributed by atoms with Crippen molar-refractivity contribution in [3.63, 3.8) is 0 Å². The van der Waals surface area contributed by atoms with Crippen molar-refractivity contribution >= 4 is 24.0 Å². The van der Waals surface area contributed by atoms with E-state index in [-0.39, 0.29) is 18.3 Å². The minimum atomic E-state index is 0. The molecule has 110 valence electrons. The molecule has 2 heterocycles. The maximum atomic E-state index is 12.5. The Kier molecular flexibility index (Phi) is 5.06. The highest BCUT2D eigenvalue weighted by molar-refractivity contribution is 5.95. The number of hydrogen-bond acceptors (Lipinski definition) is 2. The fraction of sp³-hybridized carbons (Fsp3) is 0.562. The lowest BCUT2D eigenvalue weighted by molar-refractivity contribution is -0.119. The summed E-state index contributed by atoms with van der Waals surface area (Å²) in [7, 11) is 0. The number of amides is 1. The Balaban J connectivity index is 0.00000147. The normalized spacial score (nSPS) is 24.9. The lowest BCUT2D eigenvalue weighted by Crippen LogP contribution is -2.39. The smallest absolute Gasteiger partial charge is 0.228 e. The molecule has 0 bridgehead atoms. The second-order valence-electron chi connectivity index (χ2n) is 5.79. The minimum absolute atomic E-state index is 0. The van der Waals surface area contributed by atoms with E-state index in [4.69, 9.17) is 0 Å². The largest absolute Gasteiger partial charge is 0.313 e. The molecule has 2 unspecified atom stereocenters. The summed E-state index contributed by atoms with van der Waals surface area (Å²) in [6.45, 7) is 4.18. The maximum absolute atomic E-state index is 12.5. The fourth-order valence-electron chi connectivity index (χ4n) is 3.26. The van der Waals surface area contributed by atoms with Crippen molar-refractivity contribution in [1.82, 2.24) is 5.32 Å². The van der Waals surface area contributed by atoms with Crippen LogP contribution in [0.5, 0.6) is 0 Å². The molecule has 1 aromatic carbocycles. The zero-order valence-corrected chi connectivity index (χ0v) is 12.8. The molecular formula is C16H23ClN2O. The molecule has 4 heteroatoms. The number of hydrogen-bond donors (Lipinski definition) is 1. The average Bonchev–Trinajstić information content (AvgIpc) is 2.92. The summed E-state index contributed by atoms with van der Waals surface area (Å²) < 4.78 is 0. The number of benzene rings is 1. The fourth-order valence-corrected chi connectivity index (χ4v) is 3.26. The van der Waals surface area contributed by atoms with Gasteiger partial charge in [0.15, 0.2) is 0 Å². The lowest BCUT2D eigenvalue weighted by atomic mass is 9.91. The van der Waals surface area contributed by atoms with Gasteiger partial charge in [0.1, 0.15) is 0 Å². The third-order valence-corrected chi connectivity index (χ3v) is 4.43. The first-order valence-electron chi connectivity index (χ1n) is 7.38. The molecule has 0 aliphatic carbocycles. The standard InChI is InChI=1S/C16H22N2O.ClH/c1-12-8-10-18(15-7-3-2-6-14(12)15)16(19)11-13-5-4-9-17-13;/h2-3,6-7,12-13,17H,4-5,8-11H2,1H3;1H. The summed E-state index contributed by atoms with van der Waals surface area (Å²) in [5, 5.41) is 3.41. The lowest BCUT2D eigenvalue weighted by Gasteiger charge is -2.33. The van der Waals surface area contributed by atoms with Gasteiger partial charge >= 0.3 is 0 Å². The van der Waals surface area contributed by atoms with E-state index >= 15 is 0 Å². The van der Waals surface area contributed by atoms with Crippen molar-refractivity contribution < 1.29 is 4.79 Å². The summed E-state index contributed by atoms with van der Waals surface area (Å²) in [5.74, 6) is 0.837. The van der Waals surface area contributed by atoms with Crippen LogP contribution in [-0.4, -0.2) is 25.0 Å². The minimum Gasteiger partial charge on any atom is -0.313 e. The summed E-state index contributed by atoms with van der Waals surface area (Å²) >= 11 is 0. The predicted octanol–water partition coefficient (Wildman–Crippen LogP) is 3.09. The van der Waals surface area contributed by atoms with E-state index in [0.717, 1.165) is 31.6 Å². The Morgan fingerprint density at radius 3 is 2.90 bits per heavy atom. The number of nitrogens with one attached hydrogen (secondary N) is 1. The van der Waals surface area contributed by atoms with Gasteiger partial charge in [-0.2, -0.15) is 0 Å². The van der Waals surface area contributed by atoms with Gasteiger partial charge in [0.05, 0.1) is 0 Å². The van der Waals surface area contributed by atoms with E-state index in [9.17, 15) is 4.79 Å². The number of fused-ring (bicyclic) bond motifs is 1. The molecule has 1 saturated heterocycles.